The van der Waals surface area contributed by atoms with Gasteiger partial charge in [-0.05, 0) is 37.8 Å². The van der Waals surface area contributed by atoms with Crippen LogP contribution < -0.4 is 5.32 Å². The van der Waals surface area contributed by atoms with Crippen molar-refractivity contribution < 1.29 is 5.11 Å². The van der Waals surface area contributed by atoms with Gasteiger partial charge in [0.25, 0.3) is 0 Å². The van der Waals surface area contributed by atoms with Crippen LogP contribution in [0.4, 0.5) is 0 Å². The first-order chi connectivity index (χ1) is 9.97. The molecule has 0 bridgehead atoms. The van der Waals surface area contributed by atoms with E-state index in [-0.39, 0.29) is 5.92 Å². The molecule has 1 fully saturated rings. The van der Waals surface area contributed by atoms with E-state index in [1.54, 1.807) is 0 Å². The van der Waals surface area contributed by atoms with Gasteiger partial charge < -0.3 is 10.4 Å². The highest BCUT2D eigenvalue weighted by Gasteiger charge is 2.27. The Bertz CT molecular complexity index is 416. The number of piperidine rings is 1. The Morgan fingerprint density at radius 1 is 1.33 bits per heavy atom. The largest absolute Gasteiger partial charge is 0.389 e. The quantitative estimate of drug-likeness (QED) is 0.845. The van der Waals surface area contributed by atoms with E-state index in [0.717, 1.165) is 13.1 Å². The van der Waals surface area contributed by atoms with Crippen molar-refractivity contribution in [1.29, 1.82) is 0 Å². The molecule has 2 atom stereocenters. The molecule has 21 heavy (non-hydrogen) atoms. The van der Waals surface area contributed by atoms with Crippen molar-refractivity contribution in [1.82, 2.24) is 10.2 Å². The van der Waals surface area contributed by atoms with Crippen LogP contribution in [0.5, 0.6) is 0 Å². The monoisotopic (exact) mass is 290 g/mol. The van der Waals surface area contributed by atoms with E-state index in [1.807, 2.05) is 6.92 Å². The summed E-state index contributed by atoms with van der Waals surface area (Å²) in [7, 11) is 0. The molecule has 1 heterocycles. The summed E-state index contributed by atoms with van der Waals surface area (Å²) in [6.07, 6.45) is 2.44. The van der Waals surface area contributed by atoms with E-state index in [9.17, 15) is 5.11 Å². The van der Waals surface area contributed by atoms with Crippen LogP contribution in [0.15, 0.2) is 30.3 Å². The third-order valence-electron chi connectivity index (χ3n) is 4.75. The minimum absolute atomic E-state index is 0.272. The smallest absolute Gasteiger partial charge is 0.0766 e. The summed E-state index contributed by atoms with van der Waals surface area (Å²) >= 11 is 0. The number of hydrogen-bond donors (Lipinski definition) is 2. The minimum atomic E-state index is -0.623. The van der Waals surface area contributed by atoms with Crippen LogP contribution in [0.1, 0.15) is 39.2 Å². The first kappa shape index (κ1) is 16.5. The molecule has 1 aromatic carbocycles. The maximum Gasteiger partial charge on any atom is 0.0766 e. The summed E-state index contributed by atoms with van der Waals surface area (Å²) in [5.41, 5.74) is 0.758. The van der Waals surface area contributed by atoms with Gasteiger partial charge in [-0.2, -0.15) is 0 Å². The maximum atomic E-state index is 10.3. The average molecular weight is 290 g/mol. The second kappa shape index (κ2) is 7.39. The van der Waals surface area contributed by atoms with Gasteiger partial charge >= 0.3 is 0 Å². The number of hydrogen-bond acceptors (Lipinski definition) is 3. The number of nitrogens with one attached hydrogen (secondary N) is 1. The SMILES string of the molecule is CC(C)C(C)(O)CNC1CCCN(Cc2ccccc2)C1. The fraction of sp³-hybridized carbons (Fsp3) is 0.667. The Morgan fingerprint density at radius 3 is 2.71 bits per heavy atom. The standard InChI is InChI=1S/C18H30N2O/c1-15(2)18(3,21)14-19-17-10-7-11-20(13-17)12-16-8-5-4-6-9-16/h4-6,8-9,15,17,19,21H,7,10-14H2,1-3H3. The summed E-state index contributed by atoms with van der Waals surface area (Å²) in [4.78, 5) is 2.51. The van der Waals surface area contributed by atoms with Crippen molar-refractivity contribution in [2.45, 2.75) is 51.8 Å². The van der Waals surface area contributed by atoms with Crippen molar-refractivity contribution in [3.63, 3.8) is 0 Å². The summed E-state index contributed by atoms with van der Waals surface area (Å²) < 4.78 is 0. The predicted octanol–water partition coefficient (Wildman–Crippen LogP) is 2.65. The van der Waals surface area contributed by atoms with Crippen molar-refractivity contribution in [3.8, 4) is 0 Å². The molecule has 3 nitrogen and oxygen atoms in total. The van der Waals surface area contributed by atoms with Crippen molar-refractivity contribution in [2.75, 3.05) is 19.6 Å². The molecule has 0 aliphatic carbocycles. The Hall–Kier alpha value is -0.900. The van der Waals surface area contributed by atoms with Crippen LogP contribution >= 0.6 is 0 Å². The molecule has 2 N–H and O–H groups in total. The molecular weight excluding hydrogens is 260 g/mol. The molecule has 0 spiro atoms. The van der Waals surface area contributed by atoms with Gasteiger partial charge in [-0.25, -0.2) is 0 Å². The van der Waals surface area contributed by atoms with Crippen LogP contribution in [0.3, 0.4) is 0 Å². The van der Waals surface area contributed by atoms with Crippen molar-refractivity contribution in [2.24, 2.45) is 5.92 Å². The molecule has 118 valence electrons. The Morgan fingerprint density at radius 2 is 2.05 bits per heavy atom. The van der Waals surface area contributed by atoms with E-state index >= 15 is 0 Å². The van der Waals surface area contributed by atoms with Gasteiger partial charge in [0.05, 0.1) is 5.60 Å². The minimum Gasteiger partial charge on any atom is -0.389 e. The maximum absolute atomic E-state index is 10.3. The molecular formula is C18H30N2O. The van der Waals surface area contributed by atoms with E-state index in [0.29, 0.717) is 12.6 Å². The van der Waals surface area contributed by atoms with Crippen molar-refractivity contribution >= 4 is 0 Å². The number of nitrogens with zero attached hydrogens (tertiary/aromatic N) is 1. The van der Waals surface area contributed by atoms with E-state index < -0.39 is 5.60 Å². The van der Waals surface area contributed by atoms with Crippen LogP contribution in [0.25, 0.3) is 0 Å². The molecule has 0 amide bonds. The lowest BCUT2D eigenvalue weighted by atomic mass is 9.92. The zero-order chi connectivity index (χ0) is 15.3. The first-order valence-electron chi connectivity index (χ1n) is 8.19. The predicted molar refractivity (Wildman–Crippen MR) is 88.2 cm³/mol. The van der Waals surface area contributed by atoms with Gasteiger partial charge in [-0.3, -0.25) is 4.90 Å². The molecule has 1 aromatic rings. The number of likely N-dealkylation sites (tertiary alicyclic amines) is 1. The van der Waals surface area contributed by atoms with Crippen LogP contribution in [0.2, 0.25) is 0 Å². The number of benzene rings is 1. The lowest BCUT2D eigenvalue weighted by molar-refractivity contribution is 0.00895. The third kappa shape index (κ3) is 5.10. The highest BCUT2D eigenvalue weighted by atomic mass is 16.3. The average Bonchev–Trinajstić information content (AvgIpc) is 2.47. The molecule has 0 saturated carbocycles. The normalized spacial score (nSPS) is 23.2. The molecule has 0 aromatic heterocycles. The highest BCUT2D eigenvalue weighted by Crippen LogP contribution is 2.17. The third-order valence-corrected chi connectivity index (χ3v) is 4.75. The first-order valence-corrected chi connectivity index (χ1v) is 8.19. The van der Waals surface area contributed by atoms with Gasteiger partial charge in [0, 0.05) is 25.7 Å². The Kier molecular flexibility index (Phi) is 5.80. The van der Waals surface area contributed by atoms with Crippen LogP contribution in [-0.2, 0) is 6.54 Å². The summed E-state index contributed by atoms with van der Waals surface area (Å²) in [5, 5.41) is 13.9. The second-order valence-electron chi connectivity index (χ2n) is 6.95. The summed E-state index contributed by atoms with van der Waals surface area (Å²) in [5.74, 6) is 0.272. The highest BCUT2D eigenvalue weighted by molar-refractivity contribution is 5.14. The molecule has 1 aliphatic rings. The van der Waals surface area contributed by atoms with Gasteiger partial charge in [0.1, 0.15) is 0 Å². The summed E-state index contributed by atoms with van der Waals surface area (Å²) in [6, 6.07) is 11.2. The van der Waals surface area contributed by atoms with Gasteiger partial charge in [-0.15, -0.1) is 0 Å². The lowest BCUT2D eigenvalue weighted by Crippen LogP contribution is -2.51. The fourth-order valence-electron chi connectivity index (χ4n) is 2.76. The van der Waals surface area contributed by atoms with Gasteiger partial charge in [0.15, 0.2) is 0 Å². The summed E-state index contributed by atoms with van der Waals surface area (Å²) in [6.45, 7) is 10.0. The van der Waals surface area contributed by atoms with Crippen LogP contribution in [0, 0.1) is 5.92 Å². The fourth-order valence-corrected chi connectivity index (χ4v) is 2.76. The second-order valence-corrected chi connectivity index (χ2v) is 6.95. The molecule has 0 radical (unpaired) electrons. The molecule has 3 heteroatoms. The van der Waals surface area contributed by atoms with Gasteiger partial charge in [-0.1, -0.05) is 44.2 Å². The zero-order valence-electron chi connectivity index (χ0n) is 13.7. The van der Waals surface area contributed by atoms with E-state index in [2.05, 4.69) is 54.4 Å². The molecule has 1 aliphatic heterocycles. The number of rotatable bonds is 6. The number of aliphatic hydroxyl groups is 1. The molecule has 2 unspecified atom stereocenters. The lowest BCUT2D eigenvalue weighted by Gasteiger charge is -2.36. The van der Waals surface area contributed by atoms with Crippen LogP contribution in [-0.4, -0.2) is 41.3 Å². The van der Waals surface area contributed by atoms with Gasteiger partial charge in [0.2, 0.25) is 0 Å². The zero-order valence-corrected chi connectivity index (χ0v) is 13.7. The Balaban J connectivity index is 1.81. The Labute approximate surface area is 129 Å². The van der Waals surface area contributed by atoms with E-state index in [4.69, 9.17) is 0 Å². The van der Waals surface area contributed by atoms with E-state index in [1.165, 1.54) is 24.9 Å². The molecule has 2 rings (SSSR count). The van der Waals surface area contributed by atoms with Crippen molar-refractivity contribution in [3.05, 3.63) is 35.9 Å². The molecule has 1 saturated heterocycles. The topological polar surface area (TPSA) is 35.5 Å².